The summed E-state index contributed by atoms with van der Waals surface area (Å²) in [6.07, 6.45) is 2.48. The number of rotatable bonds is 1. The topological polar surface area (TPSA) is 9.23 Å². The number of ether oxygens (including phenoxy) is 1. The highest BCUT2D eigenvalue weighted by atomic mass is 79.9. The van der Waals surface area contributed by atoms with E-state index in [1.54, 1.807) is 7.11 Å². The second-order valence-electron chi connectivity index (χ2n) is 6.30. The molecule has 0 aromatic heterocycles. The fourth-order valence-electron chi connectivity index (χ4n) is 2.72. The molecule has 17 heavy (non-hydrogen) atoms. The monoisotopic (exact) mass is 296 g/mol. The average molecular weight is 297 g/mol. The van der Waals surface area contributed by atoms with Gasteiger partial charge in [-0.3, -0.25) is 0 Å². The predicted molar refractivity (Wildman–Crippen MR) is 76.0 cm³/mol. The Hall–Kier alpha value is -0.500. The molecular weight excluding hydrogens is 276 g/mol. The van der Waals surface area contributed by atoms with Crippen LogP contribution in [0.4, 0.5) is 0 Å². The molecular formula is C15H21BrO. The molecule has 0 saturated carbocycles. The molecule has 94 valence electrons. The quantitative estimate of drug-likeness (QED) is 0.723. The van der Waals surface area contributed by atoms with Crippen molar-refractivity contribution in [1.82, 2.24) is 0 Å². The molecule has 0 unspecified atom stereocenters. The standard InChI is InChI=1S/C15H21BrO/c1-14(2)6-7-15(3,4)11-9-13(17-5)12(16)8-10(11)14/h8-9H,6-7H2,1-5H3. The Kier molecular flexibility index (Phi) is 3.05. The summed E-state index contributed by atoms with van der Waals surface area (Å²) in [5.74, 6) is 0.939. The number of benzene rings is 1. The summed E-state index contributed by atoms with van der Waals surface area (Å²) in [7, 11) is 1.73. The van der Waals surface area contributed by atoms with E-state index in [-0.39, 0.29) is 10.8 Å². The molecule has 0 atom stereocenters. The van der Waals surface area contributed by atoms with E-state index < -0.39 is 0 Å². The van der Waals surface area contributed by atoms with Gasteiger partial charge in [-0.2, -0.15) is 0 Å². The number of methoxy groups -OCH3 is 1. The zero-order chi connectivity index (χ0) is 12.8. The molecule has 0 spiro atoms. The lowest BCUT2D eigenvalue weighted by Gasteiger charge is -2.42. The average Bonchev–Trinajstić information content (AvgIpc) is 2.24. The first-order chi connectivity index (χ1) is 7.78. The van der Waals surface area contributed by atoms with E-state index in [1.807, 2.05) is 0 Å². The Morgan fingerprint density at radius 1 is 1.00 bits per heavy atom. The van der Waals surface area contributed by atoms with Crippen molar-refractivity contribution in [2.45, 2.75) is 51.4 Å². The molecule has 1 nitrogen and oxygen atoms in total. The van der Waals surface area contributed by atoms with Gasteiger partial charge in [0.2, 0.25) is 0 Å². The first kappa shape index (κ1) is 12.9. The maximum atomic E-state index is 5.43. The van der Waals surface area contributed by atoms with Crippen LogP contribution in [0.3, 0.4) is 0 Å². The fourth-order valence-corrected chi connectivity index (χ4v) is 3.23. The largest absolute Gasteiger partial charge is 0.496 e. The van der Waals surface area contributed by atoms with Crippen LogP contribution in [0.2, 0.25) is 0 Å². The SMILES string of the molecule is COc1cc2c(cc1Br)C(C)(C)CCC2(C)C. The summed E-state index contributed by atoms with van der Waals surface area (Å²) < 4.78 is 6.49. The van der Waals surface area contributed by atoms with E-state index in [4.69, 9.17) is 4.74 Å². The summed E-state index contributed by atoms with van der Waals surface area (Å²) >= 11 is 3.60. The van der Waals surface area contributed by atoms with Gasteiger partial charge in [0.25, 0.3) is 0 Å². The zero-order valence-electron chi connectivity index (χ0n) is 11.4. The van der Waals surface area contributed by atoms with Gasteiger partial charge in [-0.05, 0) is 62.9 Å². The summed E-state index contributed by atoms with van der Waals surface area (Å²) in [4.78, 5) is 0. The molecule has 0 fully saturated rings. The summed E-state index contributed by atoms with van der Waals surface area (Å²) in [6.45, 7) is 9.32. The maximum absolute atomic E-state index is 5.43. The summed E-state index contributed by atoms with van der Waals surface area (Å²) in [5, 5.41) is 0. The van der Waals surface area contributed by atoms with Crippen molar-refractivity contribution in [3.8, 4) is 5.75 Å². The van der Waals surface area contributed by atoms with Crippen LogP contribution in [-0.4, -0.2) is 7.11 Å². The van der Waals surface area contributed by atoms with Gasteiger partial charge < -0.3 is 4.74 Å². The normalized spacial score (nSPS) is 20.8. The molecule has 1 aromatic carbocycles. The zero-order valence-corrected chi connectivity index (χ0v) is 12.9. The van der Waals surface area contributed by atoms with Crippen molar-refractivity contribution in [3.05, 3.63) is 27.7 Å². The molecule has 1 aliphatic carbocycles. The molecule has 0 aliphatic heterocycles. The van der Waals surface area contributed by atoms with E-state index in [9.17, 15) is 0 Å². The predicted octanol–water partition coefficient (Wildman–Crippen LogP) is 4.81. The number of halogens is 1. The van der Waals surface area contributed by atoms with Crippen LogP contribution in [-0.2, 0) is 10.8 Å². The van der Waals surface area contributed by atoms with Gasteiger partial charge in [0.05, 0.1) is 11.6 Å². The fraction of sp³-hybridized carbons (Fsp3) is 0.600. The molecule has 0 N–H and O–H groups in total. The maximum Gasteiger partial charge on any atom is 0.133 e. The van der Waals surface area contributed by atoms with Gasteiger partial charge in [-0.25, -0.2) is 0 Å². The summed E-state index contributed by atoms with van der Waals surface area (Å²) in [6, 6.07) is 4.45. The Morgan fingerprint density at radius 2 is 1.47 bits per heavy atom. The minimum atomic E-state index is 0.249. The van der Waals surface area contributed by atoms with Crippen molar-refractivity contribution in [2.24, 2.45) is 0 Å². The molecule has 0 heterocycles. The molecule has 0 saturated heterocycles. The highest BCUT2D eigenvalue weighted by Gasteiger charge is 2.37. The van der Waals surface area contributed by atoms with Crippen LogP contribution in [0.25, 0.3) is 0 Å². The molecule has 0 amide bonds. The van der Waals surface area contributed by atoms with Crippen molar-refractivity contribution < 1.29 is 4.74 Å². The molecule has 2 heteroatoms. The van der Waals surface area contributed by atoms with E-state index in [0.29, 0.717) is 0 Å². The highest BCUT2D eigenvalue weighted by Crippen LogP contribution is 2.48. The van der Waals surface area contributed by atoms with Gasteiger partial charge >= 0.3 is 0 Å². The minimum Gasteiger partial charge on any atom is -0.496 e. The lowest BCUT2D eigenvalue weighted by molar-refractivity contribution is 0.328. The van der Waals surface area contributed by atoms with Gasteiger partial charge in [0.15, 0.2) is 0 Å². The molecule has 1 aromatic rings. The highest BCUT2D eigenvalue weighted by molar-refractivity contribution is 9.10. The third kappa shape index (κ3) is 2.12. The van der Waals surface area contributed by atoms with E-state index >= 15 is 0 Å². The van der Waals surface area contributed by atoms with E-state index in [2.05, 4.69) is 55.8 Å². The molecule has 1 aliphatic rings. The van der Waals surface area contributed by atoms with Gasteiger partial charge in [-0.15, -0.1) is 0 Å². The Morgan fingerprint density at radius 3 is 1.94 bits per heavy atom. The second-order valence-corrected chi connectivity index (χ2v) is 7.15. The van der Waals surface area contributed by atoms with Gasteiger partial charge in [0, 0.05) is 0 Å². The molecule has 0 radical (unpaired) electrons. The van der Waals surface area contributed by atoms with Crippen LogP contribution >= 0.6 is 15.9 Å². The number of hydrogen-bond acceptors (Lipinski definition) is 1. The second kappa shape index (κ2) is 4.01. The summed E-state index contributed by atoms with van der Waals surface area (Å²) in [5.41, 5.74) is 3.41. The van der Waals surface area contributed by atoms with Gasteiger partial charge in [-0.1, -0.05) is 27.7 Å². The van der Waals surface area contributed by atoms with Gasteiger partial charge in [0.1, 0.15) is 5.75 Å². The Labute approximate surface area is 113 Å². The third-order valence-electron chi connectivity index (χ3n) is 4.13. The Bertz CT molecular complexity index is 446. The third-order valence-corrected chi connectivity index (χ3v) is 4.74. The molecule has 2 rings (SSSR count). The van der Waals surface area contributed by atoms with Crippen LogP contribution in [0.15, 0.2) is 16.6 Å². The van der Waals surface area contributed by atoms with Crippen molar-refractivity contribution in [1.29, 1.82) is 0 Å². The number of hydrogen-bond donors (Lipinski definition) is 0. The van der Waals surface area contributed by atoms with Crippen LogP contribution in [0, 0.1) is 0 Å². The van der Waals surface area contributed by atoms with Crippen molar-refractivity contribution in [3.63, 3.8) is 0 Å². The van der Waals surface area contributed by atoms with E-state index in [1.165, 1.54) is 24.0 Å². The number of fused-ring (bicyclic) bond motifs is 1. The van der Waals surface area contributed by atoms with E-state index in [0.717, 1.165) is 10.2 Å². The minimum absolute atomic E-state index is 0.249. The first-order valence-electron chi connectivity index (χ1n) is 6.16. The van der Waals surface area contributed by atoms with Crippen LogP contribution in [0.5, 0.6) is 5.75 Å². The Balaban J connectivity index is 2.68. The van der Waals surface area contributed by atoms with Crippen molar-refractivity contribution in [2.75, 3.05) is 7.11 Å². The van der Waals surface area contributed by atoms with Crippen molar-refractivity contribution >= 4 is 15.9 Å². The molecule has 0 bridgehead atoms. The van der Waals surface area contributed by atoms with Crippen LogP contribution < -0.4 is 4.74 Å². The first-order valence-corrected chi connectivity index (χ1v) is 6.96. The lowest BCUT2D eigenvalue weighted by atomic mass is 9.63. The lowest BCUT2D eigenvalue weighted by Crippen LogP contribution is -2.33. The smallest absolute Gasteiger partial charge is 0.133 e. The van der Waals surface area contributed by atoms with Crippen LogP contribution in [0.1, 0.15) is 51.7 Å².